The highest BCUT2D eigenvalue weighted by molar-refractivity contribution is 6.84. The fraction of sp³-hybridized carbons (Fsp3) is 0.562. The zero-order valence-electron chi connectivity index (χ0n) is 26.9. The van der Waals surface area contributed by atoms with Crippen LogP contribution in [0.15, 0.2) is 48.5 Å². The lowest BCUT2D eigenvalue weighted by atomic mass is 9.93. The maximum atomic E-state index is 12.1. The molecule has 43 heavy (non-hydrogen) atoms. The van der Waals surface area contributed by atoms with Crippen LogP contribution >= 0.6 is 0 Å². The summed E-state index contributed by atoms with van der Waals surface area (Å²) in [6.45, 7) is 15.0. The smallest absolute Gasteiger partial charge is 0.455 e. The number of benzene rings is 2. The molecule has 9 nitrogen and oxygen atoms in total. The monoisotopic (exact) mass is 634 g/mol. The largest absolute Gasteiger partial charge is 0.513 e. The van der Waals surface area contributed by atoms with Gasteiger partial charge >= 0.3 is 12.3 Å². The van der Waals surface area contributed by atoms with E-state index in [1.54, 1.807) is 24.3 Å². The van der Waals surface area contributed by atoms with Gasteiger partial charge in [-0.15, -0.1) is 0 Å². The van der Waals surface area contributed by atoms with Crippen LogP contribution in [-0.2, 0) is 23.1 Å². The molecule has 0 bridgehead atoms. The van der Waals surface area contributed by atoms with Crippen molar-refractivity contribution in [3.05, 3.63) is 59.7 Å². The van der Waals surface area contributed by atoms with Crippen LogP contribution in [0.1, 0.15) is 50.2 Å². The highest BCUT2D eigenvalue weighted by Gasteiger charge is 2.32. The van der Waals surface area contributed by atoms with Gasteiger partial charge in [-0.2, -0.15) is 0 Å². The first kappa shape index (κ1) is 36.5. The highest BCUT2D eigenvalue weighted by atomic mass is 28.4. The van der Waals surface area contributed by atoms with Gasteiger partial charge in [0.1, 0.15) is 24.7 Å². The summed E-state index contributed by atoms with van der Waals surface area (Å²) in [7, 11) is -1.77. The van der Waals surface area contributed by atoms with Crippen LogP contribution in [0.3, 0.4) is 0 Å². The lowest BCUT2D eigenvalue weighted by Crippen LogP contribution is -2.44. The zero-order valence-corrected chi connectivity index (χ0v) is 28.9. The topological polar surface area (TPSA) is 98.8 Å². The minimum absolute atomic E-state index is 0.0651. The fourth-order valence-electron chi connectivity index (χ4n) is 4.64. The maximum Gasteiger partial charge on any atom is 0.513 e. The summed E-state index contributed by atoms with van der Waals surface area (Å²) in [6.07, 6.45) is 1.86. The molecule has 2 aromatic rings. The molecule has 0 aliphatic rings. The van der Waals surface area contributed by atoms with Gasteiger partial charge in [-0.25, -0.2) is 9.59 Å². The first-order chi connectivity index (χ1) is 20.4. The molecule has 0 aromatic heterocycles. The molecule has 2 aromatic carbocycles. The van der Waals surface area contributed by atoms with Crippen LogP contribution in [0.25, 0.3) is 0 Å². The Morgan fingerprint density at radius 1 is 0.674 bits per heavy atom. The summed E-state index contributed by atoms with van der Waals surface area (Å²) in [4.78, 5) is 23.8. The van der Waals surface area contributed by atoms with E-state index >= 15 is 0 Å². The van der Waals surface area contributed by atoms with Gasteiger partial charge in [0.15, 0.2) is 16.6 Å². The minimum atomic E-state index is -1.71. The molecule has 2 rings (SSSR count). The van der Waals surface area contributed by atoms with Crippen LogP contribution in [0, 0.1) is 0 Å². The van der Waals surface area contributed by atoms with E-state index in [0.29, 0.717) is 31.3 Å². The maximum absolute atomic E-state index is 12.1. The molecule has 0 spiro atoms. The van der Waals surface area contributed by atoms with Gasteiger partial charge in [-0.3, -0.25) is 0 Å². The SMILES string of the molecule is CCCC[Si](C)(C)O[Si](C)(C)CCCOCCOC(=O)Oc1ccc(C(C)c2ccc(OC(=O)OCCOC)cc2)cc1. The van der Waals surface area contributed by atoms with Gasteiger partial charge in [-0.05, 0) is 80.1 Å². The second-order valence-corrected chi connectivity index (χ2v) is 20.5. The van der Waals surface area contributed by atoms with Crippen molar-refractivity contribution >= 4 is 28.9 Å². The Balaban J connectivity index is 1.66. The van der Waals surface area contributed by atoms with Crippen LogP contribution in [0.4, 0.5) is 9.59 Å². The molecule has 0 saturated heterocycles. The van der Waals surface area contributed by atoms with E-state index in [9.17, 15) is 9.59 Å². The fourth-order valence-corrected chi connectivity index (χ4v) is 13.6. The van der Waals surface area contributed by atoms with Gasteiger partial charge in [0.25, 0.3) is 0 Å². The number of carbonyl (C=O) groups excluding carboxylic acids is 2. The first-order valence-corrected chi connectivity index (χ1v) is 21.3. The second kappa shape index (κ2) is 18.8. The molecule has 240 valence electrons. The Bertz CT molecular complexity index is 1090. The molecule has 0 amide bonds. The third kappa shape index (κ3) is 15.0. The summed E-state index contributed by atoms with van der Waals surface area (Å²) < 4.78 is 37.7. The van der Waals surface area contributed by atoms with Crippen molar-refractivity contribution in [1.82, 2.24) is 0 Å². The number of hydrogen-bond acceptors (Lipinski definition) is 9. The summed E-state index contributed by atoms with van der Waals surface area (Å²) in [5.41, 5.74) is 2.06. The molecule has 0 aliphatic heterocycles. The van der Waals surface area contributed by atoms with Crippen LogP contribution < -0.4 is 9.47 Å². The standard InChI is InChI=1S/C32H50O9Si2/c1-8-9-24-42(4,5)41-43(6,7)25-10-19-36-21-23-38-32(34)40-30-17-13-28(14-18-30)26(2)27-11-15-29(16-12-27)39-31(33)37-22-20-35-3/h11-18,26H,8-10,19-25H2,1-7H3. The van der Waals surface area contributed by atoms with Gasteiger partial charge in [-0.1, -0.05) is 51.0 Å². The number of ether oxygens (including phenoxy) is 6. The summed E-state index contributed by atoms with van der Waals surface area (Å²) in [6, 6.07) is 16.7. The summed E-state index contributed by atoms with van der Waals surface area (Å²) in [5, 5.41) is 0. The molecular formula is C32H50O9Si2. The Labute approximate surface area is 259 Å². The summed E-state index contributed by atoms with van der Waals surface area (Å²) in [5.74, 6) is 0.857. The van der Waals surface area contributed by atoms with Crippen molar-refractivity contribution in [3.63, 3.8) is 0 Å². The van der Waals surface area contributed by atoms with E-state index in [0.717, 1.165) is 23.6 Å². The predicted molar refractivity (Wildman–Crippen MR) is 172 cm³/mol. The van der Waals surface area contributed by atoms with E-state index in [1.807, 2.05) is 24.3 Å². The van der Waals surface area contributed by atoms with E-state index in [-0.39, 0.29) is 19.1 Å². The van der Waals surface area contributed by atoms with Crippen molar-refractivity contribution in [2.75, 3.05) is 40.1 Å². The second-order valence-electron chi connectivity index (χ2n) is 11.7. The van der Waals surface area contributed by atoms with E-state index in [2.05, 4.69) is 40.0 Å². The van der Waals surface area contributed by atoms with Crippen LogP contribution in [-0.4, -0.2) is 69.1 Å². The number of carbonyl (C=O) groups is 2. The molecule has 0 N–H and O–H groups in total. The normalized spacial score (nSPS) is 12.4. The van der Waals surface area contributed by atoms with Crippen LogP contribution in [0.2, 0.25) is 38.3 Å². The molecule has 1 unspecified atom stereocenters. The van der Waals surface area contributed by atoms with Crippen molar-refractivity contribution in [2.45, 2.75) is 77.3 Å². The number of rotatable bonds is 19. The lowest BCUT2D eigenvalue weighted by Gasteiger charge is -2.34. The number of methoxy groups -OCH3 is 1. The average molecular weight is 635 g/mol. The predicted octanol–water partition coefficient (Wildman–Crippen LogP) is 8.15. The average Bonchev–Trinajstić information content (AvgIpc) is 2.95. The molecule has 0 radical (unpaired) electrons. The lowest BCUT2D eigenvalue weighted by molar-refractivity contribution is 0.0521. The molecular weight excluding hydrogens is 585 g/mol. The van der Waals surface area contributed by atoms with Gasteiger partial charge in [0, 0.05) is 19.6 Å². The Kier molecular flexibility index (Phi) is 16.0. The van der Waals surface area contributed by atoms with E-state index in [4.69, 9.17) is 32.5 Å². The Hall–Kier alpha value is -2.71. The molecule has 0 aliphatic carbocycles. The summed E-state index contributed by atoms with van der Waals surface area (Å²) >= 11 is 0. The zero-order chi connectivity index (χ0) is 31.7. The molecule has 1 atom stereocenters. The van der Waals surface area contributed by atoms with Gasteiger partial charge in [0.05, 0.1) is 13.2 Å². The van der Waals surface area contributed by atoms with Crippen molar-refractivity contribution in [1.29, 1.82) is 0 Å². The van der Waals surface area contributed by atoms with Crippen molar-refractivity contribution < 1.29 is 42.1 Å². The Morgan fingerprint density at radius 3 is 1.60 bits per heavy atom. The number of hydrogen-bond donors (Lipinski definition) is 0. The molecule has 0 fully saturated rings. The number of unbranched alkanes of at least 4 members (excludes halogenated alkanes) is 1. The first-order valence-electron chi connectivity index (χ1n) is 15.1. The molecule has 0 saturated carbocycles. The Morgan fingerprint density at radius 2 is 1.14 bits per heavy atom. The van der Waals surface area contributed by atoms with Gasteiger partial charge in [0.2, 0.25) is 0 Å². The van der Waals surface area contributed by atoms with Crippen molar-refractivity contribution in [2.24, 2.45) is 0 Å². The third-order valence-corrected chi connectivity index (χ3v) is 14.4. The van der Waals surface area contributed by atoms with Crippen molar-refractivity contribution in [3.8, 4) is 11.5 Å². The van der Waals surface area contributed by atoms with E-state index < -0.39 is 28.9 Å². The quantitative estimate of drug-likeness (QED) is 0.0656. The van der Waals surface area contributed by atoms with Crippen LogP contribution in [0.5, 0.6) is 11.5 Å². The van der Waals surface area contributed by atoms with E-state index in [1.165, 1.54) is 26.0 Å². The minimum Gasteiger partial charge on any atom is -0.455 e. The third-order valence-electron chi connectivity index (χ3n) is 6.87. The molecule has 11 heteroatoms. The molecule has 0 heterocycles. The van der Waals surface area contributed by atoms with Gasteiger partial charge < -0.3 is 32.5 Å². The highest BCUT2D eigenvalue weighted by Crippen LogP contribution is 2.28.